The van der Waals surface area contributed by atoms with E-state index in [0.717, 1.165) is 12.1 Å². The van der Waals surface area contributed by atoms with E-state index >= 15 is 0 Å². The molecule has 0 saturated heterocycles. The highest BCUT2D eigenvalue weighted by Crippen LogP contribution is 2.29. The Balaban J connectivity index is 2.14. The summed E-state index contributed by atoms with van der Waals surface area (Å²) in [6.45, 7) is -0.194. The van der Waals surface area contributed by atoms with Crippen LogP contribution in [0.4, 0.5) is 13.2 Å². The van der Waals surface area contributed by atoms with Crippen molar-refractivity contribution in [1.29, 1.82) is 0 Å². The second-order valence-electron chi connectivity index (χ2n) is 4.70. The fraction of sp³-hybridized carbons (Fsp3) is 0.118. The van der Waals surface area contributed by atoms with Crippen molar-refractivity contribution in [1.82, 2.24) is 0 Å². The van der Waals surface area contributed by atoms with Gasteiger partial charge in [0.05, 0.1) is 11.1 Å². The van der Waals surface area contributed by atoms with Gasteiger partial charge in [-0.15, -0.1) is 0 Å². The first kappa shape index (κ1) is 16.6. The lowest BCUT2D eigenvalue weighted by Gasteiger charge is -2.08. The first-order valence-electron chi connectivity index (χ1n) is 6.65. The monoisotopic (exact) mass is 322 g/mol. The van der Waals surface area contributed by atoms with Crippen molar-refractivity contribution in [2.45, 2.75) is 6.18 Å². The zero-order valence-electron chi connectivity index (χ0n) is 11.9. The fourth-order valence-corrected chi connectivity index (χ4v) is 1.81. The van der Waals surface area contributed by atoms with Gasteiger partial charge in [-0.25, -0.2) is 4.79 Å². The van der Waals surface area contributed by atoms with Crippen LogP contribution in [0.5, 0.6) is 5.75 Å². The topological polar surface area (TPSA) is 46.5 Å². The van der Waals surface area contributed by atoms with E-state index in [-0.39, 0.29) is 12.2 Å². The summed E-state index contributed by atoms with van der Waals surface area (Å²) in [4.78, 5) is 11.2. The van der Waals surface area contributed by atoms with Crippen LogP contribution in [0.25, 0.3) is 6.08 Å². The van der Waals surface area contributed by atoms with Crippen LogP contribution in [0, 0.1) is 0 Å². The van der Waals surface area contributed by atoms with Crippen LogP contribution in [-0.4, -0.2) is 17.7 Å². The van der Waals surface area contributed by atoms with Crippen molar-refractivity contribution in [3.63, 3.8) is 0 Å². The first-order valence-corrected chi connectivity index (χ1v) is 6.65. The summed E-state index contributed by atoms with van der Waals surface area (Å²) in [5.41, 5.74) is -0.493. The average Bonchev–Trinajstić information content (AvgIpc) is 2.51. The van der Waals surface area contributed by atoms with Gasteiger partial charge in [0.15, 0.2) is 0 Å². The zero-order chi connectivity index (χ0) is 16.9. The molecule has 0 aliphatic carbocycles. The number of alkyl halides is 3. The van der Waals surface area contributed by atoms with Crippen molar-refractivity contribution < 1.29 is 27.8 Å². The van der Waals surface area contributed by atoms with Gasteiger partial charge in [-0.2, -0.15) is 13.2 Å². The van der Waals surface area contributed by atoms with E-state index in [4.69, 9.17) is 9.84 Å². The number of para-hydroxylation sites is 1. The van der Waals surface area contributed by atoms with Gasteiger partial charge in [0.25, 0.3) is 0 Å². The Labute approximate surface area is 130 Å². The molecule has 1 N–H and O–H groups in total. The van der Waals surface area contributed by atoms with Crippen LogP contribution in [0.3, 0.4) is 0 Å². The Kier molecular flexibility index (Phi) is 5.05. The summed E-state index contributed by atoms with van der Waals surface area (Å²) in [6.07, 6.45) is -3.14. The number of carbonyl (C=O) groups is 1. The van der Waals surface area contributed by atoms with Gasteiger partial charge in [0.2, 0.25) is 0 Å². The van der Waals surface area contributed by atoms with Crippen LogP contribution < -0.4 is 4.74 Å². The molecule has 0 radical (unpaired) electrons. The maximum atomic E-state index is 12.5. The molecule has 0 atom stereocenters. The molecule has 2 aromatic rings. The molecule has 0 saturated carbocycles. The molecule has 0 bridgehead atoms. The van der Waals surface area contributed by atoms with Gasteiger partial charge in [0, 0.05) is 0 Å². The van der Waals surface area contributed by atoms with E-state index in [1.807, 2.05) is 0 Å². The number of hydrogen-bond acceptors (Lipinski definition) is 2. The number of hydrogen-bond donors (Lipinski definition) is 1. The molecule has 120 valence electrons. The predicted molar refractivity (Wildman–Crippen MR) is 79.0 cm³/mol. The molecule has 0 aromatic heterocycles. The maximum absolute atomic E-state index is 12.5. The molecule has 0 heterocycles. The third kappa shape index (κ3) is 4.88. The molecule has 2 rings (SSSR count). The first-order chi connectivity index (χ1) is 10.9. The Morgan fingerprint density at radius 2 is 1.65 bits per heavy atom. The van der Waals surface area contributed by atoms with E-state index in [1.54, 1.807) is 30.3 Å². The smallest absolute Gasteiger partial charge is 0.416 e. The minimum Gasteiger partial charge on any atom is -0.489 e. The Hall–Kier alpha value is -2.76. The van der Waals surface area contributed by atoms with E-state index in [2.05, 4.69) is 0 Å². The van der Waals surface area contributed by atoms with Crippen LogP contribution in [-0.2, 0) is 11.0 Å². The number of carboxylic acid groups (broad SMARTS) is 1. The van der Waals surface area contributed by atoms with Gasteiger partial charge in [0.1, 0.15) is 12.4 Å². The number of benzene rings is 2. The molecule has 0 spiro atoms. The number of rotatable bonds is 5. The Morgan fingerprint density at radius 1 is 1.04 bits per heavy atom. The Bertz CT molecular complexity index is 689. The molecule has 0 fully saturated rings. The molecule has 6 heteroatoms. The molecule has 0 unspecified atom stereocenters. The predicted octanol–water partition coefficient (Wildman–Crippen LogP) is 4.25. The molecule has 0 amide bonds. The van der Waals surface area contributed by atoms with Crippen molar-refractivity contribution >= 4 is 12.0 Å². The third-order valence-corrected chi connectivity index (χ3v) is 2.99. The van der Waals surface area contributed by atoms with Crippen LogP contribution >= 0.6 is 0 Å². The third-order valence-electron chi connectivity index (χ3n) is 2.99. The summed E-state index contributed by atoms with van der Waals surface area (Å²) in [6, 6.07) is 12.9. The van der Waals surface area contributed by atoms with E-state index in [1.165, 1.54) is 18.2 Å². The number of halogens is 3. The minimum absolute atomic E-state index is 0.0615. The molecule has 0 aliphatic rings. The summed E-state index contributed by atoms with van der Waals surface area (Å²) < 4.78 is 42.8. The van der Waals surface area contributed by atoms with Crippen LogP contribution in [0.2, 0.25) is 0 Å². The standard InChI is InChI=1S/C17H13F3O3/c18-17(19,20)14-8-6-12(7-9-14)10-13(16(21)22)11-23-15-4-2-1-3-5-15/h1-10H,11H2,(H,21,22)/b13-10+. The summed E-state index contributed by atoms with van der Waals surface area (Å²) in [5.74, 6) is -0.687. The van der Waals surface area contributed by atoms with Crippen molar-refractivity contribution in [2.24, 2.45) is 0 Å². The molecular weight excluding hydrogens is 309 g/mol. The summed E-state index contributed by atoms with van der Waals surface area (Å²) >= 11 is 0. The van der Waals surface area contributed by atoms with E-state index < -0.39 is 17.7 Å². The zero-order valence-corrected chi connectivity index (χ0v) is 11.9. The van der Waals surface area contributed by atoms with E-state index in [0.29, 0.717) is 11.3 Å². The number of ether oxygens (including phenoxy) is 1. The van der Waals surface area contributed by atoms with Crippen molar-refractivity contribution in [2.75, 3.05) is 6.61 Å². The van der Waals surface area contributed by atoms with Crippen molar-refractivity contribution in [3.8, 4) is 5.75 Å². The lowest BCUT2D eigenvalue weighted by atomic mass is 10.1. The van der Waals surface area contributed by atoms with Gasteiger partial charge < -0.3 is 9.84 Å². The second-order valence-corrected chi connectivity index (χ2v) is 4.70. The highest BCUT2D eigenvalue weighted by atomic mass is 19.4. The maximum Gasteiger partial charge on any atom is 0.416 e. The molecule has 0 aliphatic heterocycles. The average molecular weight is 322 g/mol. The fourth-order valence-electron chi connectivity index (χ4n) is 1.81. The highest BCUT2D eigenvalue weighted by molar-refractivity contribution is 5.92. The molecule has 2 aromatic carbocycles. The molecular formula is C17H13F3O3. The molecule has 3 nitrogen and oxygen atoms in total. The van der Waals surface area contributed by atoms with Crippen LogP contribution in [0.15, 0.2) is 60.2 Å². The van der Waals surface area contributed by atoms with Crippen LogP contribution in [0.1, 0.15) is 11.1 Å². The second kappa shape index (κ2) is 7.00. The van der Waals surface area contributed by atoms with Gasteiger partial charge in [-0.05, 0) is 35.9 Å². The Morgan fingerprint density at radius 3 is 2.17 bits per heavy atom. The number of carboxylic acids is 1. The lowest BCUT2D eigenvalue weighted by molar-refractivity contribution is -0.137. The van der Waals surface area contributed by atoms with Gasteiger partial charge >= 0.3 is 12.1 Å². The van der Waals surface area contributed by atoms with Crippen molar-refractivity contribution in [3.05, 3.63) is 71.3 Å². The molecule has 23 heavy (non-hydrogen) atoms. The van der Waals surface area contributed by atoms with Gasteiger partial charge in [-0.3, -0.25) is 0 Å². The lowest BCUT2D eigenvalue weighted by Crippen LogP contribution is -2.10. The largest absolute Gasteiger partial charge is 0.489 e. The highest BCUT2D eigenvalue weighted by Gasteiger charge is 2.29. The van der Waals surface area contributed by atoms with Gasteiger partial charge in [-0.1, -0.05) is 30.3 Å². The SMILES string of the molecule is O=C(O)/C(=C/c1ccc(C(F)(F)F)cc1)COc1ccccc1. The van der Waals surface area contributed by atoms with E-state index in [9.17, 15) is 18.0 Å². The minimum atomic E-state index is -4.42. The normalized spacial score (nSPS) is 12.0. The quantitative estimate of drug-likeness (QED) is 0.837. The number of aliphatic carboxylic acids is 1. The summed E-state index contributed by atoms with van der Waals surface area (Å²) in [5, 5.41) is 9.17. The summed E-state index contributed by atoms with van der Waals surface area (Å²) in [7, 11) is 0.